The van der Waals surface area contributed by atoms with Crippen molar-refractivity contribution in [3.05, 3.63) is 65.7 Å². The van der Waals surface area contributed by atoms with Crippen molar-refractivity contribution in [1.29, 1.82) is 0 Å². The Labute approximate surface area is 112 Å². The van der Waals surface area contributed by atoms with E-state index in [1.54, 1.807) is 7.11 Å². The van der Waals surface area contributed by atoms with Gasteiger partial charge in [0.05, 0.1) is 18.8 Å². The maximum absolute atomic E-state index is 5.39. The Morgan fingerprint density at radius 3 is 2.84 bits per heavy atom. The van der Waals surface area contributed by atoms with Gasteiger partial charge in [0.25, 0.3) is 0 Å². The second-order valence-corrected chi connectivity index (χ2v) is 4.66. The molecule has 2 heterocycles. The molecule has 0 fully saturated rings. The van der Waals surface area contributed by atoms with Gasteiger partial charge in [-0.05, 0) is 24.6 Å². The standard InChI is InChI=1S/C16H16N2O/c1-12-7-8-14-10-17-16(18(14)11-12)9-13-5-3-4-6-15(13)19-2/h3-8,10-11H,9H2,1-2H3. The zero-order valence-corrected chi connectivity index (χ0v) is 11.1. The van der Waals surface area contributed by atoms with Crippen LogP contribution in [0.1, 0.15) is 17.0 Å². The van der Waals surface area contributed by atoms with E-state index in [2.05, 4.69) is 40.7 Å². The smallest absolute Gasteiger partial charge is 0.122 e. The monoisotopic (exact) mass is 252 g/mol. The zero-order chi connectivity index (χ0) is 13.2. The number of pyridine rings is 1. The van der Waals surface area contributed by atoms with E-state index in [-0.39, 0.29) is 0 Å². The van der Waals surface area contributed by atoms with E-state index in [9.17, 15) is 0 Å². The lowest BCUT2D eigenvalue weighted by molar-refractivity contribution is 0.410. The molecule has 0 radical (unpaired) electrons. The molecule has 0 aliphatic rings. The fraction of sp³-hybridized carbons (Fsp3) is 0.188. The molecule has 0 atom stereocenters. The summed E-state index contributed by atoms with van der Waals surface area (Å²) in [5.41, 5.74) is 3.50. The Morgan fingerprint density at radius 2 is 2.00 bits per heavy atom. The number of hydrogen-bond donors (Lipinski definition) is 0. The molecule has 0 spiro atoms. The number of ether oxygens (including phenoxy) is 1. The molecule has 0 unspecified atom stereocenters. The number of nitrogens with zero attached hydrogens (tertiary/aromatic N) is 2. The summed E-state index contributed by atoms with van der Waals surface area (Å²) in [6.45, 7) is 2.09. The van der Waals surface area contributed by atoms with E-state index >= 15 is 0 Å². The molecule has 0 bridgehead atoms. The van der Waals surface area contributed by atoms with Crippen molar-refractivity contribution in [2.45, 2.75) is 13.3 Å². The third-order valence-corrected chi connectivity index (χ3v) is 3.29. The summed E-state index contributed by atoms with van der Waals surface area (Å²) >= 11 is 0. The largest absolute Gasteiger partial charge is 0.496 e. The highest BCUT2D eigenvalue weighted by Gasteiger charge is 2.08. The zero-order valence-electron chi connectivity index (χ0n) is 11.1. The molecular formula is C16H16N2O. The third kappa shape index (κ3) is 2.19. The molecule has 0 saturated carbocycles. The Hall–Kier alpha value is -2.29. The Morgan fingerprint density at radius 1 is 1.16 bits per heavy atom. The van der Waals surface area contributed by atoms with E-state index in [4.69, 9.17) is 4.74 Å². The van der Waals surface area contributed by atoms with Gasteiger partial charge in [-0.15, -0.1) is 0 Å². The van der Waals surface area contributed by atoms with Crippen molar-refractivity contribution in [1.82, 2.24) is 9.38 Å². The molecule has 3 aromatic rings. The van der Waals surface area contributed by atoms with Gasteiger partial charge in [-0.2, -0.15) is 0 Å². The lowest BCUT2D eigenvalue weighted by Gasteiger charge is -2.07. The number of benzene rings is 1. The first-order chi connectivity index (χ1) is 9.28. The lowest BCUT2D eigenvalue weighted by Crippen LogP contribution is -1.99. The Bertz CT molecular complexity index is 716. The van der Waals surface area contributed by atoms with Crippen molar-refractivity contribution in [3.8, 4) is 5.75 Å². The normalized spacial score (nSPS) is 10.8. The first kappa shape index (κ1) is 11.8. The van der Waals surface area contributed by atoms with Crippen LogP contribution in [0.25, 0.3) is 5.52 Å². The van der Waals surface area contributed by atoms with Crippen LogP contribution >= 0.6 is 0 Å². The molecule has 0 saturated heterocycles. The molecule has 3 rings (SSSR count). The van der Waals surface area contributed by atoms with Crippen molar-refractivity contribution in [2.24, 2.45) is 0 Å². The number of rotatable bonds is 3. The van der Waals surface area contributed by atoms with Crippen LogP contribution in [0.3, 0.4) is 0 Å². The molecular weight excluding hydrogens is 236 g/mol. The van der Waals surface area contributed by atoms with Gasteiger partial charge in [0.1, 0.15) is 11.6 Å². The number of imidazole rings is 1. The van der Waals surface area contributed by atoms with Crippen LogP contribution in [0.4, 0.5) is 0 Å². The van der Waals surface area contributed by atoms with Crippen LogP contribution in [0.2, 0.25) is 0 Å². The number of para-hydroxylation sites is 1. The predicted octanol–water partition coefficient (Wildman–Crippen LogP) is 3.24. The van der Waals surface area contributed by atoms with Gasteiger partial charge in [-0.3, -0.25) is 0 Å². The minimum absolute atomic E-state index is 0.766. The van der Waals surface area contributed by atoms with Gasteiger partial charge < -0.3 is 9.14 Å². The average molecular weight is 252 g/mol. The van der Waals surface area contributed by atoms with Crippen molar-refractivity contribution < 1.29 is 4.74 Å². The predicted molar refractivity (Wildman–Crippen MR) is 75.7 cm³/mol. The molecule has 3 heteroatoms. The van der Waals surface area contributed by atoms with Crippen LogP contribution in [0, 0.1) is 6.92 Å². The van der Waals surface area contributed by atoms with Crippen molar-refractivity contribution >= 4 is 5.52 Å². The van der Waals surface area contributed by atoms with Gasteiger partial charge in [-0.1, -0.05) is 24.3 Å². The van der Waals surface area contributed by atoms with Crippen LogP contribution < -0.4 is 4.74 Å². The fourth-order valence-corrected chi connectivity index (χ4v) is 2.30. The van der Waals surface area contributed by atoms with Gasteiger partial charge in [-0.25, -0.2) is 4.98 Å². The summed E-state index contributed by atoms with van der Waals surface area (Å²) in [5, 5.41) is 0. The second kappa shape index (κ2) is 4.76. The summed E-state index contributed by atoms with van der Waals surface area (Å²) in [6.07, 6.45) is 4.79. The topological polar surface area (TPSA) is 26.5 Å². The first-order valence-corrected chi connectivity index (χ1v) is 6.32. The van der Waals surface area contributed by atoms with E-state index in [0.29, 0.717) is 0 Å². The highest BCUT2D eigenvalue weighted by Crippen LogP contribution is 2.21. The SMILES string of the molecule is COc1ccccc1Cc1ncc2ccc(C)cn12. The molecule has 3 nitrogen and oxygen atoms in total. The minimum atomic E-state index is 0.766. The van der Waals surface area contributed by atoms with Crippen molar-refractivity contribution in [3.63, 3.8) is 0 Å². The van der Waals surface area contributed by atoms with E-state index in [1.165, 1.54) is 5.56 Å². The maximum atomic E-state index is 5.39. The van der Waals surface area contributed by atoms with Gasteiger partial charge in [0, 0.05) is 18.2 Å². The molecule has 19 heavy (non-hydrogen) atoms. The number of aromatic nitrogens is 2. The molecule has 1 aromatic carbocycles. The highest BCUT2D eigenvalue weighted by molar-refractivity contribution is 5.48. The molecule has 2 aromatic heterocycles. The van der Waals surface area contributed by atoms with Crippen LogP contribution in [0.15, 0.2) is 48.8 Å². The highest BCUT2D eigenvalue weighted by atomic mass is 16.5. The Balaban J connectivity index is 2.03. The van der Waals surface area contributed by atoms with Crippen molar-refractivity contribution in [2.75, 3.05) is 7.11 Å². The van der Waals surface area contributed by atoms with E-state index in [0.717, 1.165) is 29.1 Å². The number of hydrogen-bond acceptors (Lipinski definition) is 2. The summed E-state index contributed by atoms with van der Waals surface area (Å²) in [6, 6.07) is 12.3. The average Bonchev–Trinajstić information content (AvgIpc) is 2.82. The molecule has 0 N–H and O–H groups in total. The third-order valence-electron chi connectivity index (χ3n) is 3.29. The summed E-state index contributed by atoms with van der Waals surface area (Å²) in [4.78, 5) is 4.51. The lowest BCUT2D eigenvalue weighted by atomic mass is 10.1. The molecule has 96 valence electrons. The van der Waals surface area contributed by atoms with Gasteiger partial charge >= 0.3 is 0 Å². The Kier molecular flexibility index (Phi) is 2.95. The second-order valence-electron chi connectivity index (χ2n) is 4.66. The number of aryl methyl sites for hydroxylation is 1. The number of methoxy groups -OCH3 is 1. The summed E-state index contributed by atoms with van der Waals surface area (Å²) in [5.74, 6) is 1.94. The van der Waals surface area contributed by atoms with E-state index < -0.39 is 0 Å². The number of fused-ring (bicyclic) bond motifs is 1. The maximum Gasteiger partial charge on any atom is 0.122 e. The minimum Gasteiger partial charge on any atom is -0.496 e. The summed E-state index contributed by atoms with van der Waals surface area (Å²) in [7, 11) is 1.70. The van der Waals surface area contributed by atoms with E-state index in [1.807, 2.05) is 24.4 Å². The quantitative estimate of drug-likeness (QED) is 0.715. The molecule has 0 aliphatic heterocycles. The van der Waals surface area contributed by atoms with Gasteiger partial charge in [0.2, 0.25) is 0 Å². The van der Waals surface area contributed by atoms with Crippen LogP contribution in [-0.4, -0.2) is 16.5 Å². The molecule has 0 amide bonds. The first-order valence-electron chi connectivity index (χ1n) is 6.32. The molecule has 0 aliphatic carbocycles. The van der Waals surface area contributed by atoms with Crippen LogP contribution in [-0.2, 0) is 6.42 Å². The van der Waals surface area contributed by atoms with Crippen LogP contribution in [0.5, 0.6) is 5.75 Å². The summed E-state index contributed by atoms with van der Waals surface area (Å²) < 4.78 is 7.53. The fourth-order valence-electron chi connectivity index (χ4n) is 2.30. The van der Waals surface area contributed by atoms with Gasteiger partial charge in [0.15, 0.2) is 0 Å².